The first-order chi connectivity index (χ1) is 2.81. The van der Waals surface area contributed by atoms with E-state index in [-0.39, 0.29) is 5.91 Å². The summed E-state index contributed by atoms with van der Waals surface area (Å²) in [6.07, 6.45) is 0. The van der Waals surface area contributed by atoms with Crippen LogP contribution >= 0.6 is 22.9 Å². The number of nitrogens with one attached hydrogen (secondary N) is 1. The Kier molecular flexibility index (Phi) is 3.44. The Morgan fingerprint density at radius 3 is 2.50 bits per heavy atom. The fourth-order valence-corrected chi connectivity index (χ4v) is 0.200. The Morgan fingerprint density at radius 1 is 2.00 bits per heavy atom. The van der Waals surface area contributed by atoms with Crippen molar-refractivity contribution in [3.05, 3.63) is 0 Å². The fourth-order valence-electron chi connectivity index (χ4n) is 0.0299. The SMILES string of the molecule is O=C(CO)NI. The molecule has 0 atom stereocenters. The minimum atomic E-state index is -0.428. The number of hydrogen-bond donors (Lipinski definition) is 2. The van der Waals surface area contributed by atoms with Gasteiger partial charge in [-0.15, -0.1) is 0 Å². The first kappa shape index (κ1) is 6.16. The first-order valence-electron chi connectivity index (χ1n) is 1.31. The molecule has 0 aliphatic carbocycles. The normalized spacial score (nSPS) is 7.67. The molecule has 0 aromatic heterocycles. The van der Waals surface area contributed by atoms with Crippen LogP contribution in [0.5, 0.6) is 0 Å². The van der Waals surface area contributed by atoms with Gasteiger partial charge in [-0.05, 0) is 0 Å². The third kappa shape index (κ3) is 2.40. The summed E-state index contributed by atoms with van der Waals surface area (Å²) in [5.74, 6) is -0.365. The molecule has 0 bridgehead atoms. The fraction of sp³-hybridized carbons (Fsp3) is 0.500. The van der Waals surface area contributed by atoms with Crippen molar-refractivity contribution < 1.29 is 9.90 Å². The van der Waals surface area contributed by atoms with Crippen LogP contribution in [0.1, 0.15) is 0 Å². The number of hydrogen-bond acceptors (Lipinski definition) is 2. The smallest absolute Gasteiger partial charge is 0.254 e. The van der Waals surface area contributed by atoms with Crippen molar-refractivity contribution in [1.29, 1.82) is 0 Å². The average Bonchev–Trinajstić information content (AvgIpc) is 1.65. The number of carbonyl (C=O) groups excluding carboxylic acids is 1. The van der Waals surface area contributed by atoms with Crippen molar-refractivity contribution in [1.82, 2.24) is 3.53 Å². The van der Waals surface area contributed by atoms with Gasteiger partial charge in [-0.2, -0.15) is 0 Å². The van der Waals surface area contributed by atoms with Gasteiger partial charge in [0.15, 0.2) is 0 Å². The van der Waals surface area contributed by atoms with Gasteiger partial charge in [0.1, 0.15) is 6.61 Å². The van der Waals surface area contributed by atoms with Gasteiger partial charge in [-0.25, -0.2) is 0 Å². The molecule has 0 saturated heterocycles. The van der Waals surface area contributed by atoms with E-state index in [0.717, 1.165) is 0 Å². The second-order valence-electron chi connectivity index (χ2n) is 0.676. The van der Waals surface area contributed by atoms with E-state index in [1.165, 1.54) is 0 Å². The van der Waals surface area contributed by atoms with Gasteiger partial charge in [0.25, 0.3) is 5.91 Å². The van der Waals surface area contributed by atoms with Crippen molar-refractivity contribution in [3.8, 4) is 0 Å². The van der Waals surface area contributed by atoms with Crippen LogP contribution < -0.4 is 3.53 Å². The van der Waals surface area contributed by atoms with E-state index >= 15 is 0 Å². The van der Waals surface area contributed by atoms with Crippen LogP contribution in [-0.4, -0.2) is 17.6 Å². The zero-order valence-corrected chi connectivity index (χ0v) is 5.10. The monoisotopic (exact) mass is 201 g/mol. The summed E-state index contributed by atoms with van der Waals surface area (Å²) in [6, 6.07) is 0. The van der Waals surface area contributed by atoms with Crippen molar-refractivity contribution in [2.75, 3.05) is 6.61 Å². The topological polar surface area (TPSA) is 49.3 Å². The molecule has 1 amide bonds. The molecule has 0 rings (SSSR count). The Labute approximate surface area is 49.2 Å². The number of halogens is 1. The average molecular weight is 201 g/mol. The van der Waals surface area contributed by atoms with Crippen LogP contribution in [-0.2, 0) is 4.79 Å². The number of aliphatic hydroxyl groups excluding tert-OH is 1. The summed E-state index contributed by atoms with van der Waals surface area (Å²) in [4.78, 5) is 9.81. The number of carbonyl (C=O) groups is 1. The van der Waals surface area contributed by atoms with E-state index in [9.17, 15) is 4.79 Å². The third-order valence-corrected chi connectivity index (χ3v) is 0.851. The predicted molar refractivity (Wildman–Crippen MR) is 29.2 cm³/mol. The van der Waals surface area contributed by atoms with Gasteiger partial charge in [-0.1, -0.05) is 0 Å². The van der Waals surface area contributed by atoms with Gasteiger partial charge in [0, 0.05) is 0 Å². The van der Waals surface area contributed by atoms with Crippen LogP contribution in [0.3, 0.4) is 0 Å². The predicted octanol–water partition coefficient (Wildman–Crippen LogP) is -0.555. The van der Waals surface area contributed by atoms with Crippen LogP contribution in [0, 0.1) is 0 Å². The lowest BCUT2D eigenvalue weighted by atomic mass is 10.7. The number of amides is 1. The van der Waals surface area contributed by atoms with Crippen molar-refractivity contribution in [2.24, 2.45) is 0 Å². The summed E-state index contributed by atoms with van der Waals surface area (Å²) in [7, 11) is 0. The molecule has 0 saturated carbocycles. The maximum atomic E-state index is 9.81. The highest BCUT2D eigenvalue weighted by Crippen LogP contribution is 1.66. The summed E-state index contributed by atoms with van der Waals surface area (Å²) < 4.78 is 2.20. The van der Waals surface area contributed by atoms with Crippen molar-refractivity contribution in [3.63, 3.8) is 0 Å². The van der Waals surface area contributed by atoms with Gasteiger partial charge < -0.3 is 5.11 Å². The maximum Gasteiger partial charge on any atom is 0.254 e. The molecule has 0 spiro atoms. The van der Waals surface area contributed by atoms with Crippen LogP contribution in [0.15, 0.2) is 0 Å². The third-order valence-electron chi connectivity index (χ3n) is 0.249. The maximum absolute atomic E-state index is 9.81. The highest BCUT2D eigenvalue weighted by atomic mass is 127. The largest absolute Gasteiger partial charge is 0.387 e. The highest BCUT2D eigenvalue weighted by Gasteiger charge is 1.87. The Bertz CT molecular complexity index is 49.5. The quantitative estimate of drug-likeness (QED) is 0.441. The highest BCUT2D eigenvalue weighted by molar-refractivity contribution is 14.1. The zero-order valence-electron chi connectivity index (χ0n) is 2.94. The van der Waals surface area contributed by atoms with Crippen LogP contribution in [0.4, 0.5) is 0 Å². The molecule has 0 heterocycles. The molecular weight excluding hydrogens is 197 g/mol. The van der Waals surface area contributed by atoms with Crippen LogP contribution in [0.25, 0.3) is 0 Å². The molecule has 0 aromatic rings. The van der Waals surface area contributed by atoms with E-state index in [2.05, 4.69) is 3.53 Å². The van der Waals surface area contributed by atoms with Crippen molar-refractivity contribution in [2.45, 2.75) is 0 Å². The molecule has 3 nitrogen and oxygen atoms in total. The molecule has 0 aliphatic heterocycles. The minimum Gasteiger partial charge on any atom is -0.387 e. The van der Waals surface area contributed by atoms with Gasteiger partial charge >= 0.3 is 0 Å². The van der Waals surface area contributed by atoms with Gasteiger partial charge in [0.2, 0.25) is 0 Å². The summed E-state index contributed by atoms with van der Waals surface area (Å²) in [5, 5.41) is 7.92. The number of rotatable bonds is 1. The Hall–Kier alpha value is 0.160. The van der Waals surface area contributed by atoms with Gasteiger partial charge in [0.05, 0.1) is 22.9 Å². The molecule has 36 valence electrons. The molecule has 4 heteroatoms. The molecule has 0 fully saturated rings. The van der Waals surface area contributed by atoms with E-state index in [1.54, 1.807) is 22.9 Å². The number of aliphatic hydroxyl groups is 1. The van der Waals surface area contributed by atoms with E-state index in [0.29, 0.717) is 0 Å². The standard InChI is InChI=1S/C2H4INO2/c3-4-2(6)1-5/h5H,1H2,(H,4,6). The first-order valence-corrected chi connectivity index (χ1v) is 2.39. The van der Waals surface area contributed by atoms with E-state index < -0.39 is 6.61 Å². The molecule has 0 aliphatic rings. The summed E-state index contributed by atoms with van der Waals surface area (Å²) in [6.45, 7) is -0.428. The lowest BCUT2D eigenvalue weighted by Gasteiger charge is -1.84. The van der Waals surface area contributed by atoms with Gasteiger partial charge in [-0.3, -0.25) is 8.32 Å². The molecule has 0 unspecified atom stereocenters. The molecule has 2 N–H and O–H groups in total. The Balaban J connectivity index is 2.99. The second kappa shape index (κ2) is 3.35. The van der Waals surface area contributed by atoms with E-state index in [4.69, 9.17) is 5.11 Å². The van der Waals surface area contributed by atoms with Crippen molar-refractivity contribution >= 4 is 28.8 Å². The minimum absolute atomic E-state index is 0.365. The molecule has 6 heavy (non-hydrogen) atoms. The molecule has 0 radical (unpaired) electrons. The summed E-state index contributed by atoms with van der Waals surface area (Å²) >= 11 is 1.65. The molecular formula is C2H4INO2. The lowest BCUT2D eigenvalue weighted by Crippen LogP contribution is -2.14. The lowest BCUT2D eigenvalue weighted by molar-refractivity contribution is -0.121. The summed E-state index contributed by atoms with van der Waals surface area (Å²) in [5.41, 5.74) is 0. The van der Waals surface area contributed by atoms with Crippen LogP contribution in [0.2, 0.25) is 0 Å². The van der Waals surface area contributed by atoms with E-state index in [1.807, 2.05) is 0 Å². The Morgan fingerprint density at radius 2 is 2.50 bits per heavy atom. The zero-order chi connectivity index (χ0) is 4.99. The molecule has 0 aromatic carbocycles. The second-order valence-corrected chi connectivity index (χ2v) is 1.22.